The van der Waals surface area contributed by atoms with E-state index in [2.05, 4.69) is 0 Å². The molecule has 3 aliphatic rings. The van der Waals surface area contributed by atoms with Crippen LogP contribution in [-0.4, -0.2) is 54.7 Å². The predicted octanol–water partition coefficient (Wildman–Crippen LogP) is 3.85. The zero-order valence-electron chi connectivity index (χ0n) is 16.8. The van der Waals surface area contributed by atoms with Gasteiger partial charge >= 0.3 is 6.09 Å². The first kappa shape index (κ1) is 19.5. The summed E-state index contributed by atoms with van der Waals surface area (Å²) in [5.41, 5.74) is -0.208. The third-order valence-electron chi connectivity index (χ3n) is 5.81. The van der Waals surface area contributed by atoms with Crippen molar-refractivity contribution >= 4 is 6.09 Å². The fourth-order valence-corrected chi connectivity index (χ4v) is 4.30. The van der Waals surface area contributed by atoms with Crippen LogP contribution in [0, 0.1) is 5.92 Å². The maximum Gasteiger partial charge on any atom is 0.410 e. The van der Waals surface area contributed by atoms with Gasteiger partial charge < -0.3 is 18.9 Å². The number of likely N-dealkylation sites (tertiary alicyclic amines) is 1. The summed E-state index contributed by atoms with van der Waals surface area (Å²) in [5.74, 6) is 0.543. The fourth-order valence-electron chi connectivity index (χ4n) is 4.30. The molecule has 2 heterocycles. The molecule has 4 rings (SSSR count). The van der Waals surface area contributed by atoms with Crippen LogP contribution in [0.5, 0.6) is 5.75 Å². The minimum Gasteiger partial charge on any atom is -0.497 e. The molecule has 1 amide bonds. The highest BCUT2D eigenvalue weighted by Crippen LogP contribution is 2.55. The SMILES string of the molecule is COc1ccc(C2OC[C@@H]3[C@@H](O2)[C@@H](F)CN(C(=O)OC(C)(C)C)C32CC2)cc1. The average Bonchev–Trinajstić information content (AvgIpc) is 3.44. The molecular formula is C21H28FNO5. The first-order valence-electron chi connectivity index (χ1n) is 9.79. The van der Waals surface area contributed by atoms with Crippen molar-refractivity contribution in [2.75, 3.05) is 20.3 Å². The van der Waals surface area contributed by atoms with Crippen molar-refractivity contribution in [1.82, 2.24) is 4.90 Å². The number of carbonyl (C=O) groups excluding carboxylic acids is 1. The van der Waals surface area contributed by atoms with Crippen molar-refractivity contribution in [2.24, 2.45) is 5.92 Å². The lowest BCUT2D eigenvalue weighted by Crippen LogP contribution is -2.64. The van der Waals surface area contributed by atoms with Crippen LogP contribution in [-0.2, 0) is 14.2 Å². The molecule has 7 heteroatoms. The maximum absolute atomic E-state index is 15.1. The second-order valence-corrected chi connectivity index (χ2v) is 8.86. The lowest BCUT2D eigenvalue weighted by Gasteiger charge is -2.50. The highest BCUT2D eigenvalue weighted by molar-refractivity contribution is 5.70. The van der Waals surface area contributed by atoms with Gasteiger partial charge in [0.25, 0.3) is 0 Å². The number of piperidine rings is 1. The smallest absolute Gasteiger partial charge is 0.410 e. The Hall–Kier alpha value is -1.86. The van der Waals surface area contributed by atoms with Gasteiger partial charge in [0.05, 0.1) is 25.8 Å². The van der Waals surface area contributed by atoms with Crippen molar-refractivity contribution in [3.63, 3.8) is 0 Å². The minimum atomic E-state index is -1.28. The van der Waals surface area contributed by atoms with Gasteiger partial charge in [0.15, 0.2) is 6.29 Å². The number of carbonyl (C=O) groups is 1. The number of amides is 1. The minimum absolute atomic E-state index is 0.00852. The fraction of sp³-hybridized carbons (Fsp3) is 0.667. The molecule has 2 saturated heterocycles. The van der Waals surface area contributed by atoms with Crippen LogP contribution in [0.3, 0.4) is 0 Å². The highest BCUT2D eigenvalue weighted by atomic mass is 19.1. The van der Waals surface area contributed by atoms with Gasteiger partial charge in [-0.15, -0.1) is 0 Å². The van der Waals surface area contributed by atoms with E-state index in [0.29, 0.717) is 6.61 Å². The number of nitrogens with zero attached hydrogens (tertiary/aromatic N) is 1. The third-order valence-corrected chi connectivity index (χ3v) is 5.81. The molecule has 3 fully saturated rings. The number of hydrogen-bond acceptors (Lipinski definition) is 5. The molecular weight excluding hydrogens is 365 g/mol. The number of halogens is 1. The van der Waals surface area contributed by atoms with E-state index in [1.165, 1.54) is 0 Å². The van der Waals surface area contributed by atoms with Crippen molar-refractivity contribution in [3.05, 3.63) is 29.8 Å². The quantitative estimate of drug-likeness (QED) is 0.764. The monoisotopic (exact) mass is 393 g/mol. The largest absolute Gasteiger partial charge is 0.497 e. The Kier molecular flexibility index (Phi) is 4.78. The molecule has 1 aromatic carbocycles. The highest BCUT2D eigenvalue weighted by Gasteiger charge is 2.65. The van der Waals surface area contributed by atoms with Crippen LogP contribution in [0.25, 0.3) is 0 Å². The number of alkyl halides is 1. The van der Waals surface area contributed by atoms with Crippen molar-refractivity contribution in [2.45, 2.75) is 63.3 Å². The molecule has 4 atom stereocenters. The molecule has 0 radical (unpaired) electrons. The van der Waals surface area contributed by atoms with Gasteiger partial charge in [0.1, 0.15) is 23.6 Å². The number of fused-ring (bicyclic) bond motifs is 2. The first-order chi connectivity index (χ1) is 13.2. The lowest BCUT2D eigenvalue weighted by atomic mass is 9.83. The van der Waals surface area contributed by atoms with Crippen LogP contribution >= 0.6 is 0 Å². The Morgan fingerprint density at radius 3 is 2.50 bits per heavy atom. The zero-order valence-corrected chi connectivity index (χ0v) is 16.8. The van der Waals surface area contributed by atoms with E-state index in [1.54, 1.807) is 12.0 Å². The Morgan fingerprint density at radius 2 is 1.93 bits per heavy atom. The van der Waals surface area contributed by atoms with Gasteiger partial charge in [0.2, 0.25) is 0 Å². The maximum atomic E-state index is 15.1. The Bertz CT molecular complexity index is 727. The summed E-state index contributed by atoms with van der Waals surface area (Å²) in [4.78, 5) is 14.3. The van der Waals surface area contributed by atoms with Crippen LogP contribution in [0.15, 0.2) is 24.3 Å². The molecule has 154 valence electrons. The first-order valence-corrected chi connectivity index (χ1v) is 9.79. The number of hydrogen-bond donors (Lipinski definition) is 0. The standard InChI is InChI=1S/C21H28FNO5/c1-20(2,3)28-19(24)23-11-16(22)17-15(21(23)9-10-21)12-26-18(27-17)13-5-7-14(25-4)8-6-13/h5-8,15-18H,9-12H2,1-4H3/t15-,16+,17-,18?/m1/s1. The van der Waals surface area contributed by atoms with Gasteiger partial charge in [-0.3, -0.25) is 4.90 Å². The summed E-state index contributed by atoms with van der Waals surface area (Å²) in [6.07, 6.45) is -1.31. The molecule has 28 heavy (non-hydrogen) atoms. The summed E-state index contributed by atoms with van der Waals surface area (Å²) < 4.78 is 37.8. The topological polar surface area (TPSA) is 57.2 Å². The average molecular weight is 393 g/mol. The van der Waals surface area contributed by atoms with Crippen LogP contribution in [0.4, 0.5) is 9.18 Å². The van der Waals surface area contributed by atoms with Crippen molar-refractivity contribution < 1.29 is 28.1 Å². The summed E-state index contributed by atoms with van der Waals surface area (Å²) >= 11 is 0. The van der Waals surface area contributed by atoms with Gasteiger partial charge in [-0.25, -0.2) is 9.18 Å². The molecule has 1 aliphatic carbocycles. The molecule has 6 nitrogen and oxygen atoms in total. The Balaban J connectivity index is 1.50. The van der Waals surface area contributed by atoms with Gasteiger partial charge in [0, 0.05) is 11.5 Å². The molecule has 0 bridgehead atoms. The summed E-state index contributed by atoms with van der Waals surface area (Å²) in [7, 11) is 1.61. The predicted molar refractivity (Wildman–Crippen MR) is 99.9 cm³/mol. The van der Waals surface area contributed by atoms with Gasteiger partial charge in [-0.05, 0) is 45.7 Å². The van der Waals surface area contributed by atoms with E-state index in [1.807, 2.05) is 45.0 Å². The number of rotatable bonds is 2. The Morgan fingerprint density at radius 1 is 1.25 bits per heavy atom. The van der Waals surface area contributed by atoms with E-state index in [0.717, 1.165) is 24.2 Å². The van der Waals surface area contributed by atoms with Crippen LogP contribution in [0.2, 0.25) is 0 Å². The van der Waals surface area contributed by atoms with Crippen LogP contribution in [0.1, 0.15) is 45.5 Å². The third kappa shape index (κ3) is 3.46. The van der Waals surface area contributed by atoms with Gasteiger partial charge in [-0.2, -0.15) is 0 Å². The van der Waals surface area contributed by atoms with E-state index in [9.17, 15) is 4.79 Å². The second kappa shape index (κ2) is 6.88. The van der Waals surface area contributed by atoms with Gasteiger partial charge in [-0.1, -0.05) is 12.1 Å². The molecule has 1 aromatic rings. The summed E-state index contributed by atoms with van der Waals surface area (Å²) in [6.45, 7) is 5.79. The Labute approximate surface area is 164 Å². The lowest BCUT2D eigenvalue weighted by molar-refractivity contribution is -0.277. The second-order valence-electron chi connectivity index (χ2n) is 8.86. The molecule has 1 spiro atoms. The number of ether oxygens (including phenoxy) is 4. The van der Waals surface area contributed by atoms with E-state index < -0.39 is 35.8 Å². The zero-order chi connectivity index (χ0) is 20.1. The van der Waals surface area contributed by atoms with Crippen molar-refractivity contribution in [3.8, 4) is 5.75 Å². The summed E-state index contributed by atoms with van der Waals surface area (Å²) in [5, 5.41) is 0. The molecule has 2 aliphatic heterocycles. The van der Waals surface area contributed by atoms with E-state index in [4.69, 9.17) is 18.9 Å². The van der Waals surface area contributed by atoms with E-state index in [-0.39, 0.29) is 12.5 Å². The van der Waals surface area contributed by atoms with E-state index >= 15 is 4.39 Å². The molecule has 0 N–H and O–H groups in total. The van der Waals surface area contributed by atoms with Crippen molar-refractivity contribution in [1.29, 1.82) is 0 Å². The molecule has 1 unspecified atom stereocenters. The number of methoxy groups -OCH3 is 1. The molecule has 1 saturated carbocycles. The molecule has 0 aromatic heterocycles. The van der Waals surface area contributed by atoms with Crippen LogP contribution < -0.4 is 4.74 Å². The number of benzene rings is 1. The summed E-state index contributed by atoms with van der Waals surface area (Å²) in [6, 6.07) is 7.38. The normalized spacial score (nSPS) is 31.2.